The molecule has 0 N–H and O–H groups in total. The number of aryl methyl sites for hydroxylation is 1. The number of ether oxygens (including phenoxy) is 1. The van der Waals surface area contributed by atoms with E-state index in [0.29, 0.717) is 34.3 Å². The van der Waals surface area contributed by atoms with Gasteiger partial charge in [-0.1, -0.05) is 126 Å². The molecule has 2 saturated heterocycles. The molecule has 242 valence electrons. The highest BCUT2D eigenvalue weighted by atomic mass is 32.2. The van der Waals surface area contributed by atoms with E-state index in [0.717, 1.165) is 0 Å². The van der Waals surface area contributed by atoms with Gasteiger partial charge in [0.1, 0.15) is 23.7 Å². The summed E-state index contributed by atoms with van der Waals surface area (Å²) < 4.78 is 36.9. The zero-order valence-corrected chi connectivity index (χ0v) is 33.1. The lowest BCUT2D eigenvalue weighted by molar-refractivity contribution is -0.0307. The van der Waals surface area contributed by atoms with Crippen LogP contribution in [0, 0.1) is 6.92 Å². The maximum atomic E-state index is 7.65. The Labute approximate surface area is 266 Å². The standard InChI is InChI=1S/C33H62O5SSi3/c1-21(2)40(22(3)4,23(5)6)36-32-31-30(35-33(32)39-29-18-16-28(15)17-19-29)20-34-41(24(7)8,25(9)10)38-42(37-31,26(11)12)27(13)14/h16-19,21-27,30-33H,20H2,1-15H3/t30-,31-,32+,33-/m1/s1. The van der Waals surface area contributed by atoms with Crippen molar-refractivity contribution in [2.45, 2.75) is 171 Å². The van der Waals surface area contributed by atoms with Crippen LogP contribution in [-0.4, -0.2) is 55.8 Å². The lowest BCUT2D eigenvalue weighted by atomic mass is 10.2. The molecule has 2 aliphatic heterocycles. The van der Waals surface area contributed by atoms with E-state index in [9.17, 15) is 0 Å². The van der Waals surface area contributed by atoms with Crippen LogP contribution in [0.5, 0.6) is 0 Å². The maximum absolute atomic E-state index is 7.65. The Morgan fingerprint density at radius 3 is 1.64 bits per heavy atom. The second-order valence-electron chi connectivity index (χ2n) is 14.9. The van der Waals surface area contributed by atoms with E-state index in [1.54, 1.807) is 11.8 Å². The summed E-state index contributed by atoms with van der Waals surface area (Å²) in [5.74, 6) is 0. The quantitative estimate of drug-likeness (QED) is 0.221. The Kier molecular flexibility index (Phi) is 12.3. The first-order valence-electron chi connectivity index (χ1n) is 16.5. The third-order valence-electron chi connectivity index (χ3n) is 9.92. The van der Waals surface area contributed by atoms with E-state index in [1.807, 2.05) is 0 Å². The van der Waals surface area contributed by atoms with Gasteiger partial charge >= 0.3 is 17.1 Å². The Bertz CT molecular complexity index is 960. The van der Waals surface area contributed by atoms with E-state index in [2.05, 4.69) is 128 Å². The molecule has 0 amide bonds. The van der Waals surface area contributed by atoms with Crippen LogP contribution < -0.4 is 0 Å². The zero-order valence-electron chi connectivity index (χ0n) is 29.3. The molecule has 0 bridgehead atoms. The van der Waals surface area contributed by atoms with Crippen LogP contribution in [0.25, 0.3) is 0 Å². The number of hydrogen-bond acceptors (Lipinski definition) is 6. The van der Waals surface area contributed by atoms with E-state index < -0.39 is 25.4 Å². The number of thioether (sulfide) groups is 1. The first kappa shape index (κ1) is 36.5. The van der Waals surface area contributed by atoms with Gasteiger partial charge in [0.05, 0.1) is 6.61 Å². The van der Waals surface area contributed by atoms with Gasteiger partial charge in [0.25, 0.3) is 0 Å². The molecule has 2 fully saturated rings. The minimum atomic E-state index is -2.81. The molecule has 1 aromatic carbocycles. The second kappa shape index (κ2) is 14.2. The molecule has 42 heavy (non-hydrogen) atoms. The average molecular weight is 655 g/mol. The Morgan fingerprint density at radius 1 is 0.738 bits per heavy atom. The van der Waals surface area contributed by atoms with E-state index >= 15 is 0 Å². The smallest absolute Gasteiger partial charge is 0.335 e. The van der Waals surface area contributed by atoms with Gasteiger partial charge < -0.3 is 22.1 Å². The van der Waals surface area contributed by atoms with Crippen molar-refractivity contribution in [3.63, 3.8) is 0 Å². The fourth-order valence-corrected chi connectivity index (χ4v) is 25.7. The van der Waals surface area contributed by atoms with Crippen molar-refractivity contribution < 1.29 is 22.1 Å². The van der Waals surface area contributed by atoms with Crippen LogP contribution in [0.3, 0.4) is 0 Å². The minimum absolute atomic E-state index is 0.187. The predicted octanol–water partition coefficient (Wildman–Crippen LogP) is 10.3. The Balaban J connectivity index is 2.19. The molecule has 0 aromatic heterocycles. The number of rotatable bonds is 11. The molecule has 9 heteroatoms. The van der Waals surface area contributed by atoms with Crippen LogP contribution in [0.2, 0.25) is 38.8 Å². The number of hydrogen-bond donors (Lipinski definition) is 0. The van der Waals surface area contributed by atoms with E-state index in [-0.39, 0.29) is 34.8 Å². The van der Waals surface area contributed by atoms with E-state index in [4.69, 9.17) is 22.1 Å². The van der Waals surface area contributed by atoms with Crippen molar-refractivity contribution in [3.05, 3.63) is 29.8 Å². The maximum Gasteiger partial charge on any atom is 0.335 e. The molecule has 1 aromatic rings. The molecule has 5 nitrogen and oxygen atoms in total. The van der Waals surface area contributed by atoms with Gasteiger partial charge in [-0.25, -0.2) is 0 Å². The summed E-state index contributed by atoms with van der Waals surface area (Å²) in [6.07, 6.45) is -0.642. The molecule has 0 aliphatic carbocycles. The zero-order chi connectivity index (χ0) is 31.8. The highest BCUT2D eigenvalue weighted by Gasteiger charge is 2.63. The summed E-state index contributed by atoms with van der Waals surface area (Å²) in [4.78, 5) is 1.20. The summed E-state index contributed by atoms with van der Waals surface area (Å²) in [6, 6.07) is 8.77. The summed E-state index contributed by atoms with van der Waals surface area (Å²) in [5.41, 5.74) is 3.58. The molecule has 0 saturated carbocycles. The van der Waals surface area contributed by atoms with Crippen molar-refractivity contribution >= 4 is 37.2 Å². The van der Waals surface area contributed by atoms with Crippen LogP contribution in [-0.2, 0) is 22.1 Å². The summed E-state index contributed by atoms with van der Waals surface area (Å²) in [7, 11) is -7.72. The average Bonchev–Trinajstić information content (AvgIpc) is 3.16. The lowest BCUT2D eigenvalue weighted by Crippen LogP contribution is -2.66. The number of benzene rings is 1. The van der Waals surface area contributed by atoms with Crippen LogP contribution in [0.1, 0.15) is 102 Å². The fraction of sp³-hybridized carbons (Fsp3) is 0.818. The van der Waals surface area contributed by atoms with Crippen molar-refractivity contribution in [1.29, 1.82) is 0 Å². The molecule has 0 spiro atoms. The molecule has 0 unspecified atom stereocenters. The van der Waals surface area contributed by atoms with Crippen molar-refractivity contribution in [2.24, 2.45) is 0 Å². The highest BCUT2D eigenvalue weighted by molar-refractivity contribution is 7.99. The van der Waals surface area contributed by atoms with Gasteiger partial charge in [-0.2, -0.15) is 0 Å². The summed E-state index contributed by atoms with van der Waals surface area (Å²) in [5, 5.41) is 0. The molecule has 2 heterocycles. The minimum Gasteiger partial charge on any atom is -0.414 e. The van der Waals surface area contributed by atoms with Crippen LogP contribution >= 0.6 is 11.8 Å². The summed E-state index contributed by atoms with van der Waals surface area (Å²) >= 11 is 1.78. The van der Waals surface area contributed by atoms with Crippen molar-refractivity contribution in [2.75, 3.05) is 6.61 Å². The predicted molar refractivity (Wildman–Crippen MR) is 185 cm³/mol. The third-order valence-corrected chi connectivity index (χ3v) is 27.4. The molecular formula is C33H62O5SSi3. The van der Waals surface area contributed by atoms with Gasteiger partial charge in [-0.3, -0.25) is 0 Å². The van der Waals surface area contributed by atoms with Gasteiger partial charge in [0.15, 0.2) is 0 Å². The van der Waals surface area contributed by atoms with Gasteiger partial charge in [0.2, 0.25) is 8.32 Å². The molecule has 0 radical (unpaired) electrons. The largest absolute Gasteiger partial charge is 0.414 e. The fourth-order valence-electron chi connectivity index (χ4n) is 7.72. The lowest BCUT2D eigenvalue weighted by Gasteiger charge is -2.52. The first-order chi connectivity index (χ1) is 19.4. The first-order valence-corrected chi connectivity index (χ1v) is 23.5. The van der Waals surface area contributed by atoms with Gasteiger partial charge in [0, 0.05) is 4.90 Å². The highest BCUT2D eigenvalue weighted by Crippen LogP contribution is 2.51. The number of fused-ring (bicyclic) bond motifs is 1. The molecule has 2 aliphatic rings. The molecule has 3 rings (SSSR count). The molecular weight excluding hydrogens is 593 g/mol. The second-order valence-corrected chi connectivity index (χ2v) is 30.4. The Hall–Kier alpha value is 0.0206. The third kappa shape index (κ3) is 6.89. The SMILES string of the molecule is Cc1ccc(S[C@H]2O[C@@H]3CO[Si](C(C)C)(C(C)C)O[Si](C(C)C)(C(C)C)O[C@H]3[C@@H]2O[Si](C(C)C)(C(C)C)C(C)C)cc1. The van der Waals surface area contributed by atoms with Gasteiger partial charge in [-0.05, 0) is 57.8 Å². The van der Waals surface area contributed by atoms with Crippen molar-refractivity contribution in [3.8, 4) is 0 Å². The van der Waals surface area contributed by atoms with Crippen LogP contribution in [0.4, 0.5) is 0 Å². The topological polar surface area (TPSA) is 46.2 Å². The molecule has 4 atom stereocenters. The monoisotopic (exact) mass is 654 g/mol. The van der Waals surface area contributed by atoms with Gasteiger partial charge in [-0.15, -0.1) is 0 Å². The normalized spacial score (nSPS) is 26.6. The van der Waals surface area contributed by atoms with Crippen LogP contribution in [0.15, 0.2) is 29.2 Å². The Morgan fingerprint density at radius 2 is 1.21 bits per heavy atom. The van der Waals surface area contributed by atoms with Crippen molar-refractivity contribution in [1.82, 2.24) is 0 Å². The van der Waals surface area contributed by atoms with E-state index in [1.165, 1.54) is 10.5 Å². The summed E-state index contributed by atoms with van der Waals surface area (Å²) in [6.45, 7) is 35.1.